The molecule has 0 amide bonds. The number of morpholine rings is 1. The molecule has 2 aliphatic rings. The SMILES string of the molecule is CCCC(C1CCC1)S(=O)(=O)NCC(C)N1CCOCC1. The normalized spacial score (nSPS) is 24.5. The third kappa shape index (κ3) is 4.65. The third-order valence-electron chi connectivity index (χ3n) is 4.90. The first-order valence-electron chi connectivity index (χ1n) is 8.35. The van der Waals surface area contributed by atoms with Crippen molar-refractivity contribution in [3.05, 3.63) is 0 Å². The highest BCUT2D eigenvalue weighted by molar-refractivity contribution is 7.90. The summed E-state index contributed by atoms with van der Waals surface area (Å²) < 4.78 is 33.4. The molecule has 0 aromatic carbocycles. The van der Waals surface area contributed by atoms with Crippen LogP contribution in [-0.2, 0) is 14.8 Å². The van der Waals surface area contributed by atoms with E-state index in [0.717, 1.165) is 52.0 Å². The van der Waals surface area contributed by atoms with Crippen molar-refractivity contribution in [3.8, 4) is 0 Å². The maximum absolute atomic E-state index is 12.6. The van der Waals surface area contributed by atoms with E-state index in [4.69, 9.17) is 4.74 Å². The van der Waals surface area contributed by atoms with Crippen molar-refractivity contribution in [2.45, 2.75) is 57.2 Å². The van der Waals surface area contributed by atoms with Crippen molar-refractivity contribution in [2.24, 2.45) is 5.92 Å². The predicted octanol–water partition coefficient (Wildman–Crippen LogP) is 1.60. The van der Waals surface area contributed by atoms with Gasteiger partial charge in [0.2, 0.25) is 10.0 Å². The number of hydrogen-bond acceptors (Lipinski definition) is 4. The summed E-state index contributed by atoms with van der Waals surface area (Å²) in [5, 5.41) is -0.187. The van der Waals surface area contributed by atoms with E-state index in [1.54, 1.807) is 0 Å². The molecule has 6 heteroatoms. The Kier molecular flexibility index (Phi) is 6.47. The second-order valence-electron chi connectivity index (χ2n) is 6.41. The highest BCUT2D eigenvalue weighted by Gasteiger charge is 2.36. The number of sulfonamides is 1. The van der Waals surface area contributed by atoms with Crippen molar-refractivity contribution in [1.82, 2.24) is 9.62 Å². The van der Waals surface area contributed by atoms with Gasteiger partial charge < -0.3 is 4.74 Å². The van der Waals surface area contributed by atoms with Gasteiger partial charge in [0.25, 0.3) is 0 Å². The molecule has 0 aromatic heterocycles. The van der Waals surface area contributed by atoms with Crippen molar-refractivity contribution in [3.63, 3.8) is 0 Å². The van der Waals surface area contributed by atoms with Crippen LogP contribution in [-0.4, -0.2) is 57.5 Å². The van der Waals surface area contributed by atoms with Gasteiger partial charge in [0.15, 0.2) is 0 Å². The Hall–Kier alpha value is -0.170. The molecule has 0 bridgehead atoms. The lowest BCUT2D eigenvalue weighted by Crippen LogP contribution is -2.49. The minimum atomic E-state index is -3.19. The lowest BCUT2D eigenvalue weighted by Gasteiger charge is -2.35. The van der Waals surface area contributed by atoms with Gasteiger partial charge in [-0.25, -0.2) is 13.1 Å². The maximum atomic E-state index is 12.6. The molecule has 1 aliphatic heterocycles. The summed E-state index contributed by atoms with van der Waals surface area (Å²) in [6.07, 6.45) is 5.05. The quantitative estimate of drug-likeness (QED) is 0.738. The molecule has 1 saturated heterocycles. The van der Waals surface area contributed by atoms with Crippen molar-refractivity contribution >= 4 is 10.0 Å². The van der Waals surface area contributed by atoms with Crippen LogP contribution in [0.25, 0.3) is 0 Å². The van der Waals surface area contributed by atoms with Crippen LogP contribution < -0.4 is 4.72 Å². The van der Waals surface area contributed by atoms with E-state index in [1.807, 2.05) is 0 Å². The molecule has 2 unspecified atom stereocenters. The van der Waals surface area contributed by atoms with Gasteiger partial charge in [0, 0.05) is 25.7 Å². The fourth-order valence-electron chi connectivity index (χ4n) is 3.23. The average Bonchev–Trinajstić information content (AvgIpc) is 2.43. The lowest BCUT2D eigenvalue weighted by atomic mass is 9.81. The molecular formula is C15H30N2O3S. The largest absolute Gasteiger partial charge is 0.379 e. The summed E-state index contributed by atoms with van der Waals surface area (Å²) in [6, 6.07) is 0.229. The minimum absolute atomic E-state index is 0.187. The molecule has 2 atom stereocenters. The molecule has 1 heterocycles. The van der Waals surface area contributed by atoms with Gasteiger partial charge in [-0.15, -0.1) is 0 Å². The van der Waals surface area contributed by atoms with E-state index < -0.39 is 10.0 Å². The highest BCUT2D eigenvalue weighted by atomic mass is 32.2. The number of ether oxygens (including phenoxy) is 1. The first kappa shape index (κ1) is 17.2. The molecule has 1 N–H and O–H groups in total. The molecule has 0 aromatic rings. The van der Waals surface area contributed by atoms with E-state index in [1.165, 1.54) is 6.42 Å². The zero-order valence-electron chi connectivity index (χ0n) is 13.4. The van der Waals surface area contributed by atoms with Crippen LogP contribution in [0.15, 0.2) is 0 Å². The fourth-order valence-corrected chi connectivity index (χ4v) is 5.24. The van der Waals surface area contributed by atoms with Gasteiger partial charge in [-0.3, -0.25) is 4.90 Å². The van der Waals surface area contributed by atoms with Gasteiger partial charge in [-0.05, 0) is 32.1 Å². The molecule has 0 spiro atoms. The third-order valence-corrected chi connectivity index (χ3v) is 6.88. The van der Waals surface area contributed by atoms with E-state index in [9.17, 15) is 8.42 Å². The minimum Gasteiger partial charge on any atom is -0.379 e. The van der Waals surface area contributed by atoms with Crippen LogP contribution in [0.3, 0.4) is 0 Å². The Morgan fingerprint density at radius 2 is 1.95 bits per heavy atom. The Bertz CT molecular complexity index is 403. The zero-order valence-corrected chi connectivity index (χ0v) is 14.2. The average molecular weight is 318 g/mol. The fraction of sp³-hybridized carbons (Fsp3) is 1.00. The second-order valence-corrected chi connectivity index (χ2v) is 8.39. The van der Waals surface area contributed by atoms with Gasteiger partial charge in [0.1, 0.15) is 0 Å². The predicted molar refractivity (Wildman–Crippen MR) is 84.8 cm³/mol. The smallest absolute Gasteiger partial charge is 0.214 e. The van der Waals surface area contributed by atoms with E-state index in [0.29, 0.717) is 12.5 Å². The molecule has 124 valence electrons. The van der Waals surface area contributed by atoms with Crippen LogP contribution in [0, 0.1) is 5.92 Å². The van der Waals surface area contributed by atoms with E-state index in [-0.39, 0.29) is 11.3 Å². The summed E-state index contributed by atoms with van der Waals surface area (Å²) in [6.45, 7) is 7.95. The van der Waals surface area contributed by atoms with E-state index in [2.05, 4.69) is 23.5 Å². The topological polar surface area (TPSA) is 58.6 Å². The van der Waals surface area contributed by atoms with Crippen molar-refractivity contribution in [2.75, 3.05) is 32.8 Å². The summed E-state index contributed by atoms with van der Waals surface area (Å²) in [7, 11) is -3.19. The zero-order chi connectivity index (χ0) is 15.3. The number of nitrogens with zero attached hydrogens (tertiary/aromatic N) is 1. The summed E-state index contributed by atoms with van der Waals surface area (Å²) in [5.74, 6) is 0.376. The first-order chi connectivity index (χ1) is 10.0. The molecule has 1 saturated carbocycles. The molecule has 5 nitrogen and oxygen atoms in total. The molecule has 21 heavy (non-hydrogen) atoms. The summed E-state index contributed by atoms with van der Waals surface area (Å²) in [5.41, 5.74) is 0. The Labute approximate surface area is 129 Å². The Morgan fingerprint density at radius 1 is 1.29 bits per heavy atom. The summed E-state index contributed by atoms with van der Waals surface area (Å²) in [4.78, 5) is 2.30. The molecule has 1 aliphatic carbocycles. The molecule has 0 radical (unpaired) electrons. The van der Waals surface area contributed by atoms with Crippen LogP contribution >= 0.6 is 0 Å². The van der Waals surface area contributed by atoms with Gasteiger partial charge >= 0.3 is 0 Å². The maximum Gasteiger partial charge on any atom is 0.214 e. The Balaban J connectivity index is 1.86. The summed E-state index contributed by atoms with van der Waals surface area (Å²) >= 11 is 0. The number of hydrogen-bond donors (Lipinski definition) is 1. The first-order valence-corrected chi connectivity index (χ1v) is 9.89. The van der Waals surface area contributed by atoms with Crippen LogP contribution in [0.5, 0.6) is 0 Å². The molecular weight excluding hydrogens is 288 g/mol. The van der Waals surface area contributed by atoms with Gasteiger partial charge in [0.05, 0.1) is 18.5 Å². The van der Waals surface area contributed by atoms with Crippen molar-refractivity contribution in [1.29, 1.82) is 0 Å². The monoisotopic (exact) mass is 318 g/mol. The lowest BCUT2D eigenvalue weighted by molar-refractivity contribution is 0.0213. The van der Waals surface area contributed by atoms with Gasteiger partial charge in [-0.1, -0.05) is 19.8 Å². The second kappa shape index (κ2) is 7.90. The number of rotatable bonds is 8. The van der Waals surface area contributed by atoms with Gasteiger partial charge in [-0.2, -0.15) is 0 Å². The van der Waals surface area contributed by atoms with Crippen LogP contribution in [0.2, 0.25) is 0 Å². The standard InChI is InChI=1S/C15H30N2O3S/c1-3-5-15(14-6-4-7-14)21(18,19)16-12-13(2)17-8-10-20-11-9-17/h13-16H,3-12H2,1-2H3. The van der Waals surface area contributed by atoms with Crippen molar-refractivity contribution < 1.29 is 13.2 Å². The van der Waals surface area contributed by atoms with Crippen LogP contribution in [0.1, 0.15) is 46.0 Å². The van der Waals surface area contributed by atoms with Crippen LogP contribution in [0.4, 0.5) is 0 Å². The van der Waals surface area contributed by atoms with E-state index >= 15 is 0 Å². The highest BCUT2D eigenvalue weighted by Crippen LogP contribution is 2.34. The Morgan fingerprint density at radius 3 is 2.48 bits per heavy atom. The number of nitrogens with one attached hydrogen (secondary N) is 1. The molecule has 2 rings (SSSR count). The molecule has 2 fully saturated rings.